The summed E-state index contributed by atoms with van der Waals surface area (Å²) in [7, 11) is 0. The molecule has 0 aliphatic carbocycles. The predicted molar refractivity (Wildman–Crippen MR) is 135 cm³/mol. The second kappa shape index (κ2) is 13.5. The van der Waals surface area contributed by atoms with Crippen molar-refractivity contribution in [3.63, 3.8) is 0 Å². The summed E-state index contributed by atoms with van der Waals surface area (Å²) in [5.41, 5.74) is 1.28. The molecule has 1 fully saturated rings. The fraction of sp³-hybridized carbons (Fsp3) is 0.538. The molecular formula is C26H36N4O7. The van der Waals surface area contributed by atoms with Gasteiger partial charge in [-0.1, -0.05) is 26.0 Å². The molecule has 3 atom stereocenters. The molecule has 0 aromatic heterocycles. The van der Waals surface area contributed by atoms with E-state index >= 15 is 0 Å². The van der Waals surface area contributed by atoms with Crippen LogP contribution in [0.2, 0.25) is 0 Å². The van der Waals surface area contributed by atoms with Gasteiger partial charge >= 0.3 is 5.97 Å². The summed E-state index contributed by atoms with van der Waals surface area (Å²) in [5.74, 6) is -2.76. The summed E-state index contributed by atoms with van der Waals surface area (Å²) in [6, 6.07) is 4.28. The molecule has 1 aromatic carbocycles. The number of carbonyl (C=O) groups excluding carboxylic acids is 6. The number of nitrogens with one attached hydrogen (secondary N) is 3. The van der Waals surface area contributed by atoms with Crippen LogP contribution in [-0.4, -0.2) is 65.0 Å². The molecule has 4 amide bonds. The first kappa shape index (κ1) is 29.5. The molecule has 0 bridgehead atoms. The van der Waals surface area contributed by atoms with E-state index in [1.54, 1.807) is 38.1 Å². The van der Waals surface area contributed by atoms with E-state index in [0.717, 1.165) is 5.56 Å². The summed E-state index contributed by atoms with van der Waals surface area (Å²) in [4.78, 5) is 74.4. The highest BCUT2D eigenvalue weighted by atomic mass is 16.5. The second-order valence-electron chi connectivity index (χ2n) is 9.55. The maximum atomic E-state index is 13.1. The van der Waals surface area contributed by atoms with Crippen LogP contribution in [0, 0.1) is 5.92 Å². The average Bonchev–Trinajstić information content (AvgIpc) is 3.30. The smallest absolute Gasteiger partial charge is 0.302 e. The Labute approximate surface area is 216 Å². The Bertz CT molecular complexity index is 1020. The Morgan fingerprint density at radius 1 is 1.00 bits per heavy atom. The van der Waals surface area contributed by atoms with Crippen molar-refractivity contribution in [2.75, 3.05) is 11.9 Å². The van der Waals surface area contributed by atoms with Gasteiger partial charge in [0.25, 0.3) is 0 Å². The first-order chi connectivity index (χ1) is 17.4. The van der Waals surface area contributed by atoms with Gasteiger partial charge in [-0.2, -0.15) is 0 Å². The van der Waals surface area contributed by atoms with Crippen molar-refractivity contribution >= 4 is 41.1 Å². The van der Waals surface area contributed by atoms with Crippen molar-refractivity contribution in [2.24, 2.45) is 5.92 Å². The highest BCUT2D eigenvalue weighted by molar-refractivity contribution is 6.00. The van der Waals surface area contributed by atoms with Gasteiger partial charge in [-0.15, -0.1) is 0 Å². The number of amides is 4. The minimum atomic E-state index is -0.895. The number of esters is 1. The van der Waals surface area contributed by atoms with Crippen molar-refractivity contribution in [3.05, 3.63) is 29.8 Å². The number of likely N-dealkylation sites (tertiary alicyclic amines) is 1. The minimum Gasteiger partial charge on any atom is -0.461 e. The molecule has 1 aromatic rings. The zero-order chi connectivity index (χ0) is 27.7. The van der Waals surface area contributed by atoms with E-state index in [0.29, 0.717) is 25.1 Å². The van der Waals surface area contributed by atoms with Gasteiger partial charge in [-0.05, 0) is 50.3 Å². The maximum absolute atomic E-state index is 13.1. The molecular weight excluding hydrogens is 480 g/mol. The van der Waals surface area contributed by atoms with E-state index < -0.39 is 41.8 Å². The second-order valence-corrected chi connectivity index (χ2v) is 9.55. The van der Waals surface area contributed by atoms with Gasteiger partial charge in [0.05, 0.1) is 6.42 Å². The lowest BCUT2D eigenvalue weighted by atomic mass is 10.0. The summed E-state index contributed by atoms with van der Waals surface area (Å²) in [5, 5.41) is 8.06. The van der Waals surface area contributed by atoms with E-state index in [4.69, 9.17) is 4.74 Å². The standard InChI is InChI=1S/C26H36N4O7/c1-15(2)23(25(35)28-20-10-8-19(9-11-20)14-37-18(5)32)29-24(34)21-7-6-12-30(21)26(36)17(4)27-22(33)13-16(3)31/h8-11,15,17,21,23H,6-7,12-14H2,1-5H3,(H,27,33)(H,28,35)(H,29,34)/t17-,21+,23+/m1/s1. The molecule has 1 heterocycles. The Hall–Kier alpha value is -3.76. The molecule has 37 heavy (non-hydrogen) atoms. The van der Waals surface area contributed by atoms with Gasteiger partial charge in [-0.25, -0.2) is 0 Å². The van der Waals surface area contributed by atoms with Gasteiger partial charge in [0, 0.05) is 19.2 Å². The number of ketones is 1. The van der Waals surface area contributed by atoms with Crippen molar-refractivity contribution in [1.82, 2.24) is 15.5 Å². The lowest BCUT2D eigenvalue weighted by Gasteiger charge is -2.29. The van der Waals surface area contributed by atoms with Crippen LogP contribution < -0.4 is 16.0 Å². The number of Topliss-reactive ketones (excluding diaryl/α,β-unsaturated/α-hetero) is 1. The van der Waals surface area contributed by atoms with E-state index in [2.05, 4.69) is 16.0 Å². The highest BCUT2D eigenvalue weighted by Gasteiger charge is 2.38. The van der Waals surface area contributed by atoms with Crippen LogP contribution in [0.5, 0.6) is 0 Å². The minimum absolute atomic E-state index is 0.129. The average molecular weight is 517 g/mol. The molecule has 0 spiro atoms. The molecule has 1 saturated heterocycles. The summed E-state index contributed by atoms with van der Waals surface area (Å²) < 4.78 is 4.95. The normalized spacial score (nSPS) is 16.5. The summed E-state index contributed by atoms with van der Waals surface area (Å²) >= 11 is 0. The fourth-order valence-electron chi connectivity index (χ4n) is 4.01. The topological polar surface area (TPSA) is 151 Å². The number of benzene rings is 1. The Balaban J connectivity index is 2.01. The largest absolute Gasteiger partial charge is 0.461 e. The number of carbonyl (C=O) groups is 6. The van der Waals surface area contributed by atoms with Gasteiger partial charge in [0.2, 0.25) is 23.6 Å². The molecule has 11 nitrogen and oxygen atoms in total. The van der Waals surface area contributed by atoms with E-state index in [1.165, 1.54) is 25.7 Å². The third kappa shape index (κ3) is 9.00. The summed E-state index contributed by atoms with van der Waals surface area (Å²) in [6.07, 6.45) is 0.722. The molecule has 0 radical (unpaired) electrons. The molecule has 202 valence electrons. The Morgan fingerprint density at radius 2 is 1.65 bits per heavy atom. The zero-order valence-electron chi connectivity index (χ0n) is 22.0. The van der Waals surface area contributed by atoms with Gasteiger partial charge in [0.15, 0.2) is 0 Å². The van der Waals surface area contributed by atoms with Gasteiger partial charge in [-0.3, -0.25) is 28.8 Å². The molecule has 0 unspecified atom stereocenters. The molecule has 1 aliphatic heterocycles. The summed E-state index contributed by atoms with van der Waals surface area (Å²) in [6.45, 7) is 8.20. The van der Waals surface area contributed by atoms with Crippen LogP contribution in [0.4, 0.5) is 5.69 Å². The highest BCUT2D eigenvalue weighted by Crippen LogP contribution is 2.20. The SMILES string of the molecule is CC(=O)CC(=O)N[C@H](C)C(=O)N1CCC[C@H]1C(=O)N[C@H](C(=O)Nc1ccc(COC(C)=O)cc1)C(C)C. The van der Waals surface area contributed by atoms with Crippen molar-refractivity contribution in [2.45, 2.75) is 78.6 Å². The van der Waals surface area contributed by atoms with Crippen LogP contribution in [0.3, 0.4) is 0 Å². The maximum Gasteiger partial charge on any atom is 0.302 e. The third-order valence-electron chi connectivity index (χ3n) is 5.91. The number of hydrogen-bond donors (Lipinski definition) is 3. The fourth-order valence-corrected chi connectivity index (χ4v) is 4.01. The monoisotopic (exact) mass is 516 g/mol. The van der Waals surface area contributed by atoms with Crippen molar-refractivity contribution in [1.29, 1.82) is 0 Å². The van der Waals surface area contributed by atoms with Crippen molar-refractivity contribution < 1.29 is 33.5 Å². The van der Waals surface area contributed by atoms with Crippen LogP contribution in [0.15, 0.2) is 24.3 Å². The first-order valence-electron chi connectivity index (χ1n) is 12.3. The predicted octanol–water partition coefficient (Wildman–Crippen LogP) is 1.30. The van der Waals surface area contributed by atoms with Gasteiger partial charge in [0.1, 0.15) is 30.5 Å². The lowest BCUT2D eigenvalue weighted by molar-refractivity contribution is -0.142. The lowest BCUT2D eigenvalue weighted by Crippen LogP contribution is -2.56. The number of rotatable bonds is 11. The Kier molecular flexibility index (Phi) is 10.8. The third-order valence-corrected chi connectivity index (χ3v) is 5.91. The number of anilines is 1. The molecule has 0 saturated carbocycles. The molecule has 11 heteroatoms. The van der Waals surface area contributed by atoms with Crippen LogP contribution >= 0.6 is 0 Å². The van der Waals surface area contributed by atoms with Crippen LogP contribution in [0.1, 0.15) is 59.4 Å². The number of hydrogen-bond acceptors (Lipinski definition) is 7. The number of ether oxygens (including phenoxy) is 1. The van der Waals surface area contributed by atoms with Crippen LogP contribution in [-0.2, 0) is 40.1 Å². The first-order valence-corrected chi connectivity index (χ1v) is 12.3. The molecule has 1 aliphatic rings. The van der Waals surface area contributed by atoms with Crippen molar-refractivity contribution in [3.8, 4) is 0 Å². The van der Waals surface area contributed by atoms with E-state index in [9.17, 15) is 28.8 Å². The molecule has 3 N–H and O–H groups in total. The van der Waals surface area contributed by atoms with E-state index in [-0.39, 0.29) is 30.7 Å². The quantitative estimate of drug-likeness (QED) is 0.296. The zero-order valence-corrected chi connectivity index (χ0v) is 22.0. The number of nitrogens with zero attached hydrogens (tertiary/aromatic N) is 1. The van der Waals surface area contributed by atoms with E-state index in [1.807, 2.05) is 0 Å². The van der Waals surface area contributed by atoms with Gasteiger partial charge < -0.3 is 25.6 Å². The Morgan fingerprint density at radius 3 is 2.22 bits per heavy atom. The van der Waals surface area contributed by atoms with Crippen LogP contribution in [0.25, 0.3) is 0 Å². The molecule has 2 rings (SSSR count).